The topological polar surface area (TPSA) is 111 Å². The van der Waals surface area contributed by atoms with Gasteiger partial charge in [-0.15, -0.1) is 0 Å². The molecular formula is C71H136N2O7P+. The fourth-order valence-electron chi connectivity index (χ4n) is 10.3. The van der Waals surface area contributed by atoms with E-state index in [0.717, 1.165) is 64.2 Å². The number of hydrogen-bond donors (Lipinski definition) is 2. The fraction of sp³-hybridized carbons (Fsp3) is 0.859. The van der Waals surface area contributed by atoms with Gasteiger partial charge in [-0.3, -0.25) is 18.6 Å². The molecule has 0 rings (SSSR count). The molecule has 10 heteroatoms. The van der Waals surface area contributed by atoms with Crippen LogP contribution in [0, 0.1) is 0 Å². The number of carbonyl (C=O) groups is 2. The van der Waals surface area contributed by atoms with Gasteiger partial charge >= 0.3 is 13.8 Å². The van der Waals surface area contributed by atoms with E-state index < -0.39 is 20.0 Å². The summed E-state index contributed by atoms with van der Waals surface area (Å²) in [6.07, 6.45) is 77.1. The second-order valence-electron chi connectivity index (χ2n) is 25.1. The Bertz CT molecular complexity index is 1520. The van der Waals surface area contributed by atoms with Gasteiger partial charge in [0.2, 0.25) is 5.91 Å². The molecule has 476 valence electrons. The Balaban J connectivity index is 5.02. The Hall–Kier alpha value is -2.03. The number of allylic oxidation sites excluding steroid dienone is 7. The first-order chi connectivity index (χ1) is 39.4. The number of carbonyl (C=O) groups excluding carboxylic acids is 2. The minimum absolute atomic E-state index is 0.0364. The van der Waals surface area contributed by atoms with Crippen molar-refractivity contribution >= 4 is 19.7 Å². The molecule has 81 heavy (non-hydrogen) atoms. The Morgan fingerprint density at radius 1 is 0.432 bits per heavy atom. The highest BCUT2D eigenvalue weighted by Gasteiger charge is 2.30. The summed E-state index contributed by atoms with van der Waals surface area (Å²) in [6.45, 7) is 7.02. The second kappa shape index (κ2) is 61.1. The van der Waals surface area contributed by atoms with Crippen LogP contribution in [-0.2, 0) is 27.9 Å². The molecular weight excluding hydrogens is 1020 g/mol. The van der Waals surface area contributed by atoms with E-state index in [0.29, 0.717) is 23.9 Å². The second-order valence-corrected chi connectivity index (χ2v) is 26.5. The summed E-state index contributed by atoms with van der Waals surface area (Å²) in [7, 11) is 1.49. The highest BCUT2D eigenvalue weighted by atomic mass is 31.2. The number of phosphoric acid groups is 1. The molecule has 0 fully saturated rings. The van der Waals surface area contributed by atoms with Crippen LogP contribution < -0.4 is 5.32 Å². The van der Waals surface area contributed by atoms with E-state index in [9.17, 15) is 19.0 Å². The van der Waals surface area contributed by atoms with Crippen molar-refractivity contribution in [1.29, 1.82) is 0 Å². The first-order valence-electron chi connectivity index (χ1n) is 35.0. The molecule has 2 N–H and O–H groups in total. The lowest BCUT2D eigenvalue weighted by atomic mass is 10.0. The van der Waals surface area contributed by atoms with Crippen LogP contribution >= 0.6 is 7.82 Å². The van der Waals surface area contributed by atoms with E-state index in [1.807, 2.05) is 33.3 Å². The van der Waals surface area contributed by atoms with Gasteiger partial charge in [0.25, 0.3) is 0 Å². The zero-order valence-corrected chi connectivity index (χ0v) is 55.4. The van der Waals surface area contributed by atoms with Crippen molar-refractivity contribution in [2.75, 3.05) is 40.9 Å². The summed E-state index contributed by atoms with van der Waals surface area (Å²) in [5, 5.41) is 3.05. The summed E-state index contributed by atoms with van der Waals surface area (Å²) in [4.78, 5) is 37.8. The van der Waals surface area contributed by atoms with E-state index in [2.05, 4.69) is 62.5 Å². The van der Waals surface area contributed by atoms with Gasteiger partial charge in [-0.25, -0.2) is 4.57 Å². The number of esters is 1. The maximum absolute atomic E-state index is 13.6. The van der Waals surface area contributed by atoms with Crippen LogP contribution in [0.2, 0.25) is 0 Å². The highest BCUT2D eigenvalue weighted by molar-refractivity contribution is 7.47. The lowest BCUT2D eigenvalue weighted by Gasteiger charge is -2.27. The molecule has 0 bridgehead atoms. The number of quaternary nitrogens is 1. The zero-order valence-electron chi connectivity index (χ0n) is 54.5. The van der Waals surface area contributed by atoms with Gasteiger partial charge in [-0.05, 0) is 83.1 Å². The van der Waals surface area contributed by atoms with Gasteiger partial charge in [0, 0.05) is 12.8 Å². The molecule has 9 nitrogen and oxygen atoms in total. The summed E-state index contributed by atoms with van der Waals surface area (Å²) in [5.74, 6) is -0.522. The number of phosphoric ester groups is 1. The highest BCUT2D eigenvalue weighted by Crippen LogP contribution is 2.43. The third-order valence-electron chi connectivity index (χ3n) is 15.8. The molecule has 0 aromatic rings. The fourth-order valence-corrected chi connectivity index (χ4v) is 11.1. The summed E-state index contributed by atoms with van der Waals surface area (Å²) in [6, 6.07) is -0.861. The van der Waals surface area contributed by atoms with Crippen molar-refractivity contribution in [3.8, 4) is 0 Å². The SMILES string of the molecule is CCCCCCCC/C=C/CCCCCCCCCCCCCCCCCCCC(=O)OC(/C=C\CCCCCCCCCCCC)C(COP(=O)(O)OCC[N+](C)(C)C)NC(=O)CCCCC/C=C/C=C/CCCCCCCCC. The summed E-state index contributed by atoms with van der Waals surface area (Å²) in [5.41, 5.74) is 0. The van der Waals surface area contributed by atoms with Crippen LogP contribution in [0.5, 0.6) is 0 Å². The van der Waals surface area contributed by atoms with Gasteiger partial charge in [-0.1, -0.05) is 294 Å². The van der Waals surface area contributed by atoms with Gasteiger partial charge in [0.05, 0.1) is 33.8 Å². The quantitative estimate of drug-likeness (QED) is 0.0156. The molecule has 0 spiro atoms. The number of amides is 1. The van der Waals surface area contributed by atoms with Gasteiger partial charge in [-0.2, -0.15) is 0 Å². The predicted molar refractivity (Wildman–Crippen MR) is 351 cm³/mol. The normalized spacial score (nSPS) is 13.8. The average molecular weight is 1160 g/mol. The van der Waals surface area contributed by atoms with Crippen molar-refractivity contribution in [2.45, 2.75) is 354 Å². The van der Waals surface area contributed by atoms with E-state index in [1.54, 1.807) is 0 Å². The lowest BCUT2D eigenvalue weighted by molar-refractivity contribution is -0.870. The number of hydrogen-bond acceptors (Lipinski definition) is 6. The van der Waals surface area contributed by atoms with Crippen molar-refractivity contribution in [3.05, 3.63) is 48.6 Å². The van der Waals surface area contributed by atoms with Crippen molar-refractivity contribution in [1.82, 2.24) is 5.32 Å². The molecule has 0 radical (unpaired) electrons. The number of rotatable bonds is 64. The molecule has 0 saturated heterocycles. The molecule has 3 unspecified atom stereocenters. The molecule has 0 aromatic carbocycles. The van der Waals surface area contributed by atoms with E-state index in [-0.39, 0.29) is 31.5 Å². The van der Waals surface area contributed by atoms with Gasteiger partial charge in [0.15, 0.2) is 0 Å². The molecule has 0 aromatic heterocycles. The Labute approximate surface area is 503 Å². The standard InChI is InChI=1S/C71H135N2O7P/c1-7-10-13-16-19-22-25-28-30-32-33-34-35-36-37-38-39-40-41-42-44-46-49-52-55-58-61-64-71(75)80-69(62-59-56-53-50-47-27-24-21-18-15-12-9-3)68(67-79-81(76,77)78-66-65-73(4,5)6)72-70(74)63-60-57-54-51-48-45-43-31-29-26-23-20-17-14-11-8-2/h28,30-31,43,45,48,59,62,68-69H,7-27,29,32-42,44,46-47,49-58,60-61,63-67H2,1-6H3,(H-,72,74,76,77)/p+1/b30-28+,43-31+,48-45+,62-59-. The minimum atomic E-state index is -4.46. The predicted octanol–water partition coefficient (Wildman–Crippen LogP) is 22.0. The molecule has 0 aliphatic rings. The summed E-state index contributed by atoms with van der Waals surface area (Å²) >= 11 is 0. The molecule has 0 aliphatic carbocycles. The van der Waals surface area contributed by atoms with Gasteiger partial charge in [0.1, 0.15) is 19.3 Å². The third kappa shape index (κ3) is 62.3. The summed E-state index contributed by atoms with van der Waals surface area (Å²) < 4.78 is 30.8. The monoisotopic (exact) mass is 1160 g/mol. The Morgan fingerprint density at radius 3 is 1.14 bits per heavy atom. The number of likely N-dealkylation sites (N-methyl/N-ethyl adjacent to an activating group) is 1. The first-order valence-corrected chi connectivity index (χ1v) is 36.5. The molecule has 3 atom stereocenters. The largest absolute Gasteiger partial charge is 0.472 e. The maximum atomic E-state index is 13.6. The third-order valence-corrected chi connectivity index (χ3v) is 16.8. The minimum Gasteiger partial charge on any atom is -0.456 e. The van der Waals surface area contributed by atoms with Crippen LogP contribution in [0.4, 0.5) is 0 Å². The molecule has 0 aliphatic heterocycles. The van der Waals surface area contributed by atoms with E-state index in [1.165, 1.54) is 238 Å². The van der Waals surface area contributed by atoms with Crippen LogP contribution in [0.3, 0.4) is 0 Å². The smallest absolute Gasteiger partial charge is 0.456 e. The van der Waals surface area contributed by atoms with Crippen molar-refractivity contribution < 1.29 is 37.3 Å². The molecule has 0 heterocycles. The van der Waals surface area contributed by atoms with Gasteiger partial charge < -0.3 is 19.4 Å². The number of nitrogens with one attached hydrogen (secondary N) is 1. The lowest BCUT2D eigenvalue weighted by Crippen LogP contribution is -2.47. The van der Waals surface area contributed by atoms with E-state index in [4.69, 9.17) is 13.8 Å². The number of unbranched alkanes of at least 4 members (excludes halogenated alkanes) is 43. The average Bonchev–Trinajstić information content (AvgIpc) is 3.44. The first kappa shape index (κ1) is 79.0. The molecule has 1 amide bonds. The van der Waals surface area contributed by atoms with Crippen LogP contribution in [-0.4, -0.2) is 74.3 Å². The number of nitrogens with zero attached hydrogens (tertiary/aromatic N) is 1. The van der Waals surface area contributed by atoms with Crippen LogP contribution in [0.1, 0.15) is 342 Å². The van der Waals surface area contributed by atoms with Crippen LogP contribution in [0.15, 0.2) is 48.6 Å². The molecule has 0 saturated carbocycles. The van der Waals surface area contributed by atoms with E-state index >= 15 is 0 Å². The number of ether oxygens (including phenoxy) is 1. The Kier molecular flexibility index (Phi) is 59.5. The maximum Gasteiger partial charge on any atom is 0.472 e. The Morgan fingerprint density at radius 2 is 0.753 bits per heavy atom. The zero-order chi connectivity index (χ0) is 59.3. The van der Waals surface area contributed by atoms with Crippen molar-refractivity contribution in [3.63, 3.8) is 0 Å². The van der Waals surface area contributed by atoms with Crippen molar-refractivity contribution in [2.24, 2.45) is 0 Å². The van der Waals surface area contributed by atoms with Crippen LogP contribution in [0.25, 0.3) is 0 Å².